The monoisotopic (exact) mass is 390 g/mol. The van der Waals surface area contributed by atoms with Crippen LogP contribution in [0.25, 0.3) is 16.5 Å². The summed E-state index contributed by atoms with van der Waals surface area (Å²) >= 11 is 5.92. The second kappa shape index (κ2) is 6.54. The first kappa shape index (κ1) is 17.3. The van der Waals surface area contributed by atoms with E-state index in [2.05, 4.69) is 4.98 Å². The van der Waals surface area contributed by atoms with E-state index in [0.717, 1.165) is 22.0 Å². The maximum Gasteiger partial charge on any atom is 0.243 e. The van der Waals surface area contributed by atoms with E-state index < -0.39 is 10.0 Å². The molecule has 0 radical (unpaired) electrons. The van der Waals surface area contributed by atoms with Crippen molar-refractivity contribution in [1.29, 1.82) is 0 Å². The average molecular weight is 391 g/mol. The first-order chi connectivity index (χ1) is 12.4. The lowest BCUT2D eigenvalue weighted by molar-refractivity contribution is 0.441. The lowest BCUT2D eigenvalue weighted by Gasteiger charge is -2.26. The molecule has 2 heterocycles. The van der Waals surface area contributed by atoms with Gasteiger partial charge in [-0.3, -0.25) is 0 Å². The molecule has 1 aliphatic heterocycles. The maximum atomic E-state index is 13.3. The number of aromatic amines is 1. The van der Waals surface area contributed by atoms with Gasteiger partial charge in [0, 0.05) is 40.8 Å². The van der Waals surface area contributed by atoms with Crippen molar-refractivity contribution < 1.29 is 12.8 Å². The van der Waals surface area contributed by atoms with Crippen LogP contribution in [-0.4, -0.2) is 30.8 Å². The molecule has 4 nitrogen and oxygen atoms in total. The van der Waals surface area contributed by atoms with Gasteiger partial charge in [0.25, 0.3) is 0 Å². The summed E-state index contributed by atoms with van der Waals surface area (Å²) in [5, 5.41) is 1.33. The number of sulfonamides is 1. The summed E-state index contributed by atoms with van der Waals surface area (Å²) in [7, 11) is -3.58. The normalized spacial score (nSPS) is 16.0. The number of nitrogens with zero attached hydrogens (tertiary/aromatic N) is 1. The second-order valence-electron chi connectivity index (χ2n) is 6.19. The van der Waals surface area contributed by atoms with Gasteiger partial charge in [-0.25, -0.2) is 12.8 Å². The molecular formula is C19H16ClFN2O2S. The Labute approximate surface area is 155 Å². The van der Waals surface area contributed by atoms with E-state index in [4.69, 9.17) is 11.6 Å². The summed E-state index contributed by atoms with van der Waals surface area (Å²) in [6.07, 6.45) is 4.35. The topological polar surface area (TPSA) is 53.2 Å². The van der Waals surface area contributed by atoms with Crippen molar-refractivity contribution in [3.05, 3.63) is 71.1 Å². The van der Waals surface area contributed by atoms with E-state index in [1.807, 2.05) is 12.3 Å². The summed E-state index contributed by atoms with van der Waals surface area (Å²) in [6, 6.07) is 10.9. The predicted octanol–water partition coefficient (Wildman–Crippen LogP) is 4.44. The summed E-state index contributed by atoms with van der Waals surface area (Å²) in [5.74, 6) is -0.290. The molecule has 0 unspecified atom stereocenters. The molecule has 0 fully saturated rings. The molecule has 0 amide bonds. The second-order valence-corrected chi connectivity index (χ2v) is 8.57. The van der Waals surface area contributed by atoms with Crippen molar-refractivity contribution in [2.45, 2.75) is 11.3 Å². The van der Waals surface area contributed by atoms with Crippen molar-refractivity contribution >= 4 is 38.1 Å². The SMILES string of the molecule is O=S(=O)(c1cccc(Cl)c1)N1CC=C(c2c[nH]c3cc(F)ccc23)CC1. The smallest absolute Gasteiger partial charge is 0.243 e. The van der Waals surface area contributed by atoms with E-state index >= 15 is 0 Å². The minimum Gasteiger partial charge on any atom is -0.360 e. The lowest BCUT2D eigenvalue weighted by atomic mass is 10.00. The fourth-order valence-electron chi connectivity index (χ4n) is 3.25. The third-order valence-electron chi connectivity index (χ3n) is 4.60. The minimum atomic E-state index is -3.58. The Hall–Kier alpha value is -2.15. The molecule has 1 N–H and O–H groups in total. The van der Waals surface area contributed by atoms with Gasteiger partial charge in [0.05, 0.1) is 4.90 Å². The van der Waals surface area contributed by atoms with Gasteiger partial charge in [0.15, 0.2) is 0 Å². The summed E-state index contributed by atoms with van der Waals surface area (Å²) in [4.78, 5) is 3.27. The van der Waals surface area contributed by atoms with Crippen molar-refractivity contribution in [2.75, 3.05) is 13.1 Å². The van der Waals surface area contributed by atoms with Crippen LogP contribution >= 0.6 is 11.6 Å². The Bertz CT molecular complexity index is 1120. The third-order valence-corrected chi connectivity index (χ3v) is 6.69. The summed E-state index contributed by atoms with van der Waals surface area (Å²) in [6.45, 7) is 0.673. The van der Waals surface area contributed by atoms with Crippen LogP contribution in [-0.2, 0) is 10.0 Å². The molecule has 0 spiro atoms. The summed E-state index contributed by atoms with van der Waals surface area (Å²) < 4.78 is 40.3. The van der Waals surface area contributed by atoms with Crippen LogP contribution in [0.3, 0.4) is 0 Å². The molecule has 7 heteroatoms. The van der Waals surface area contributed by atoms with Gasteiger partial charge in [-0.2, -0.15) is 4.31 Å². The molecule has 4 rings (SSSR count). The van der Waals surface area contributed by atoms with E-state index in [-0.39, 0.29) is 17.3 Å². The molecule has 26 heavy (non-hydrogen) atoms. The molecule has 134 valence electrons. The number of hydrogen-bond acceptors (Lipinski definition) is 2. The van der Waals surface area contributed by atoms with Crippen LogP contribution in [0.15, 0.2) is 59.6 Å². The van der Waals surface area contributed by atoms with Crippen molar-refractivity contribution in [3.8, 4) is 0 Å². The fraction of sp³-hybridized carbons (Fsp3) is 0.158. The molecule has 0 saturated carbocycles. The Balaban J connectivity index is 1.62. The van der Waals surface area contributed by atoms with Gasteiger partial charge >= 0.3 is 0 Å². The van der Waals surface area contributed by atoms with Crippen LogP contribution in [0.2, 0.25) is 5.02 Å². The molecule has 1 aromatic heterocycles. The van der Waals surface area contributed by atoms with Crippen molar-refractivity contribution in [3.63, 3.8) is 0 Å². The van der Waals surface area contributed by atoms with Gasteiger partial charge < -0.3 is 4.98 Å². The highest BCUT2D eigenvalue weighted by Gasteiger charge is 2.27. The molecule has 1 aliphatic rings. The number of nitrogens with one attached hydrogen (secondary N) is 1. The average Bonchev–Trinajstić information content (AvgIpc) is 3.05. The van der Waals surface area contributed by atoms with Gasteiger partial charge in [-0.15, -0.1) is 0 Å². The first-order valence-electron chi connectivity index (χ1n) is 8.17. The third kappa shape index (κ3) is 3.05. The molecule has 0 aliphatic carbocycles. The van der Waals surface area contributed by atoms with Gasteiger partial charge in [0.2, 0.25) is 10.0 Å². The maximum absolute atomic E-state index is 13.3. The number of rotatable bonds is 3. The minimum absolute atomic E-state index is 0.199. The Morgan fingerprint density at radius 1 is 1.15 bits per heavy atom. The van der Waals surface area contributed by atoms with Gasteiger partial charge in [0.1, 0.15) is 5.82 Å². The largest absolute Gasteiger partial charge is 0.360 e. The van der Waals surface area contributed by atoms with E-state index in [9.17, 15) is 12.8 Å². The fourth-order valence-corrected chi connectivity index (χ4v) is 4.94. The Morgan fingerprint density at radius 3 is 2.73 bits per heavy atom. The molecule has 0 atom stereocenters. The molecule has 0 saturated heterocycles. The number of fused-ring (bicyclic) bond motifs is 1. The highest BCUT2D eigenvalue weighted by molar-refractivity contribution is 7.89. The quantitative estimate of drug-likeness (QED) is 0.718. The zero-order valence-electron chi connectivity index (χ0n) is 13.7. The lowest BCUT2D eigenvalue weighted by Crippen LogP contribution is -2.34. The molecular weight excluding hydrogens is 375 g/mol. The predicted molar refractivity (Wildman–Crippen MR) is 101 cm³/mol. The van der Waals surface area contributed by atoms with Crippen LogP contribution in [0.5, 0.6) is 0 Å². The highest BCUT2D eigenvalue weighted by Crippen LogP contribution is 2.31. The molecule has 2 aromatic carbocycles. The Kier molecular flexibility index (Phi) is 4.34. The zero-order chi connectivity index (χ0) is 18.3. The van der Waals surface area contributed by atoms with Gasteiger partial charge in [-0.05, 0) is 48.4 Å². The standard InChI is InChI=1S/C19H16ClFN2O2S/c20-14-2-1-3-16(10-14)26(24,25)23-8-6-13(7-9-23)18-12-22-19-11-15(21)4-5-17(18)19/h1-6,10-12,22H,7-9H2. The van der Waals surface area contributed by atoms with Crippen molar-refractivity contribution in [1.82, 2.24) is 9.29 Å². The Morgan fingerprint density at radius 2 is 2.00 bits per heavy atom. The van der Waals surface area contributed by atoms with Crippen LogP contribution in [0, 0.1) is 5.82 Å². The highest BCUT2D eigenvalue weighted by atomic mass is 35.5. The van der Waals surface area contributed by atoms with Crippen LogP contribution in [0.4, 0.5) is 4.39 Å². The molecule has 3 aromatic rings. The van der Waals surface area contributed by atoms with E-state index in [1.165, 1.54) is 22.5 Å². The van der Waals surface area contributed by atoms with E-state index in [1.54, 1.807) is 24.3 Å². The number of halogens is 2. The number of aromatic nitrogens is 1. The van der Waals surface area contributed by atoms with Crippen LogP contribution < -0.4 is 0 Å². The van der Waals surface area contributed by atoms with Crippen LogP contribution in [0.1, 0.15) is 12.0 Å². The zero-order valence-corrected chi connectivity index (χ0v) is 15.3. The van der Waals surface area contributed by atoms with Crippen molar-refractivity contribution in [2.24, 2.45) is 0 Å². The number of hydrogen-bond donors (Lipinski definition) is 1. The first-order valence-corrected chi connectivity index (χ1v) is 9.99. The molecule has 0 bridgehead atoms. The van der Waals surface area contributed by atoms with E-state index in [0.29, 0.717) is 18.0 Å². The summed E-state index contributed by atoms with van der Waals surface area (Å²) in [5.41, 5.74) is 2.77. The van der Waals surface area contributed by atoms with Gasteiger partial charge in [-0.1, -0.05) is 23.7 Å². The number of benzene rings is 2. The number of H-pyrrole nitrogens is 1.